The minimum absolute atomic E-state index is 0.0181. The van der Waals surface area contributed by atoms with Gasteiger partial charge in [0.2, 0.25) is 5.91 Å². The fourth-order valence-electron chi connectivity index (χ4n) is 2.79. The number of β-lactam (4-membered cyclic amide) rings is 1. The third kappa shape index (κ3) is 3.46. The van der Waals surface area contributed by atoms with Crippen LogP contribution < -0.4 is 5.32 Å². The van der Waals surface area contributed by atoms with Crippen molar-refractivity contribution in [1.82, 2.24) is 14.5 Å². The molecule has 0 aliphatic carbocycles. The third-order valence-electron chi connectivity index (χ3n) is 4.04. The number of hydrogen-bond donors (Lipinski definition) is 2. The predicted octanol–water partition coefficient (Wildman–Crippen LogP) is 0.210. The van der Waals surface area contributed by atoms with Crippen molar-refractivity contribution in [2.45, 2.75) is 29.5 Å². The monoisotopic (exact) mass is 459 g/mol. The average Bonchev–Trinajstić information content (AvgIpc) is 3.09. The third-order valence-corrected chi connectivity index (χ3v) is 7.88. The standard InChI is InChI=1S/C13H12F3N3O6S3/c14-13(15,16)28(24,25)18-5-27-11-8(10(21)19(11)9(18)12(22)23)17-7(20)4-6-2-1-3-26-6/h1-3,8-9,11H,4-5H2,(H,17,20)(H,22,23). The Bertz CT molecular complexity index is 904. The van der Waals surface area contributed by atoms with Crippen LogP contribution in [0.4, 0.5) is 13.2 Å². The van der Waals surface area contributed by atoms with E-state index in [0.717, 1.165) is 4.88 Å². The Morgan fingerprint density at radius 2 is 2.04 bits per heavy atom. The average molecular weight is 459 g/mol. The van der Waals surface area contributed by atoms with Crippen molar-refractivity contribution in [1.29, 1.82) is 0 Å². The van der Waals surface area contributed by atoms with E-state index >= 15 is 0 Å². The smallest absolute Gasteiger partial charge is 0.479 e. The summed E-state index contributed by atoms with van der Waals surface area (Å²) in [5.41, 5.74) is -5.71. The highest BCUT2D eigenvalue weighted by molar-refractivity contribution is 8.01. The number of hydrogen-bond acceptors (Lipinski definition) is 7. The van der Waals surface area contributed by atoms with E-state index in [1.54, 1.807) is 17.5 Å². The van der Waals surface area contributed by atoms with Gasteiger partial charge in [0.15, 0.2) is 6.17 Å². The van der Waals surface area contributed by atoms with Crippen LogP contribution in [0.15, 0.2) is 17.5 Å². The van der Waals surface area contributed by atoms with E-state index in [2.05, 4.69) is 5.32 Å². The molecule has 0 bridgehead atoms. The molecule has 0 radical (unpaired) electrons. The van der Waals surface area contributed by atoms with Crippen LogP contribution in [0.3, 0.4) is 0 Å². The highest BCUT2D eigenvalue weighted by Gasteiger charge is 2.63. The number of carboxylic acids is 1. The number of aliphatic carboxylic acids is 1. The van der Waals surface area contributed by atoms with Gasteiger partial charge in [-0.3, -0.25) is 14.5 Å². The molecule has 3 heterocycles. The molecule has 0 saturated carbocycles. The summed E-state index contributed by atoms with van der Waals surface area (Å²) in [5.74, 6) is -4.23. The highest BCUT2D eigenvalue weighted by atomic mass is 32.2. The van der Waals surface area contributed by atoms with Gasteiger partial charge in [-0.15, -0.1) is 23.1 Å². The summed E-state index contributed by atoms with van der Waals surface area (Å²) in [6.07, 6.45) is -2.36. The van der Waals surface area contributed by atoms with Gasteiger partial charge in [0.25, 0.3) is 5.91 Å². The van der Waals surface area contributed by atoms with Gasteiger partial charge in [0.05, 0.1) is 12.3 Å². The van der Waals surface area contributed by atoms with Crippen LogP contribution in [-0.2, 0) is 30.8 Å². The number of nitrogens with zero attached hydrogens (tertiary/aromatic N) is 2. The molecule has 2 N–H and O–H groups in total. The quantitative estimate of drug-likeness (QED) is 0.604. The Morgan fingerprint density at radius 3 is 2.57 bits per heavy atom. The first-order valence-corrected chi connectivity index (χ1v) is 10.9. The molecule has 2 fully saturated rings. The summed E-state index contributed by atoms with van der Waals surface area (Å²) < 4.78 is 61.5. The molecule has 0 spiro atoms. The van der Waals surface area contributed by atoms with Crippen molar-refractivity contribution >= 4 is 50.9 Å². The zero-order valence-corrected chi connectivity index (χ0v) is 16.1. The van der Waals surface area contributed by atoms with Gasteiger partial charge in [-0.25, -0.2) is 13.2 Å². The summed E-state index contributed by atoms with van der Waals surface area (Å²) in [7, 11) is -5.96. The molecule has 2 aliphatic heterocycles. The van der Waals surface area contributed by atoms with E-state index in [-0.39, 0.29) is 10.7 Å². The van der Waals surface area contributed by atoms with E-state index < -0.39 is 56.8 Å². The first kappa shape index (κ1) is 20.9. The van der Waals surface area contributed by atoms with Gasteiger partial charge in [0.1, 0.15) is 11.4 Å². The maximum Gasteiger partial charge on any atom is 0.511 e. The van der Waals surface area contributed by atoms with Gasteiger partial charge in [-0.05, 0) is 11.4 Å². The zero-order chi connectivity index (χ0) is 20.9. The molecule has 0 aromatic carbocycles. The van der Waals surface area contributed by atoms with Crippen LogP contribution in [0.2, 0.25) is 0 Å². The Morgan fingerprint density at radius 1 is 1.36 bits per heavy atom. The van der Waals surface area contributed by atoms with Gasteiger partial charge in [-0.1, -0.05) is 6.07 Å². The lowest BCUT2D eigenvalue weighted by molar-refractivity contribution is -0.169. The number of carbonyl (C=O) groups excluding carboxylic acids is 2. The SMILES string of the molecule is O=C(Cc1cccs1)NC1C(=O)N2C1SCN(S(=O)(=O)C(F)(F)F)C2C(=O)O. The van der Waals surface area contributed by atoms with E-state index in [1.807, 2.05) is 0 Å². The fourth-order valence-corrected chi connectivity index (χ4v) is 6.15. The number of amides is 2. The van der Waals surface area contributed by atoms with Gasteiger partial charge in [-0.2, -0.15) is 17.5 Å². The molecule has 9 nitrogen and oxygen atoms in total. The van der Waals surface area contributed by atoms with Crippen LogP contribution in [0.25, 0.3) is 0 Å². The van der Waals surface area contributed by atoms with Crippen LogP contribution >= 0.6 is 23.1 Å². The van der Waals surface area contributed by atoms with Gasteiger partial charge in [0, 0.05) is 4.88 Å². The summed E-state index contributed by atoms with van der Waals surface area (Å²) >= 11 is 1.94. The molecule has 28 heavy (non-hydrogen) atoms. The highest BCUT2D eigenvalue weighted by Crippen LogP contribution is 2.42. The minimum atomic E-state index is -5.96. The van der Waals surface area contributed by atoms with Crippen LogP contribution in [-0.4, -0.2) is 69.5 Å². The largest absolute Gasteiger partial charge is 0.511 e. The number of rotatable bonds is 5. The number of carboxylic acid groups (broad SMARTS) is 1. The lowest BCUT2D eigenvalue weighted by Crippen LogP contribution is -2.78. The van der Waals surface area contributed by atoms with Crippen molar-refractivity contribution in [3.63, 3.8) is 0 Å². The van der Waals surface area contributed by atoms with Gasteiger partial charge < -0.3 is 10.4 Å². The topological polar surface area (TPSA) is 124 Å². The molecule has 2 aliphatic rings. The molecule has 2 saturated heterocycles. The molecule has 1 aromatic rings. The van der Waals surface area contributed by atoms with Crippen LogP contribution in [0.5, 0.6) is 0 Å². The van der Waals surface area contributed by atoms with Gasteiger partial charge >= 0.3 is 21.5 Å². The molecule has 3 unspecified atom stereocenters. The van der Waals surface area contributed by atoms with E-state index in [9.17, 15) is 41.1 Å². The van der Waals surface area contributed by atoms with E-state index in [0.29, 0.717) is 16.7 Å². The Hall–Kier alpha value is -1.84. The minimum Gasteiger partial charge on any atom is -0.479 e. The number of sulfonamides is 1. The molecule has 1 aromatic heterocycles. The Labute approximate surface area is 164 Å². The first-order chi connectivity index (χ1) is 12.9. The second-order valence-electron chi connectivity index (χ2n) is 5.78. The summed E-state index contributed by atoms with van der Waals surface area (Å²) in [6.45, 7) is 0. The van der Waals surface area contributed by atoms with E-state index in [1.165, 1.54) is 11.3 Å². The predicted molar refractivity (Wildman–Crippen MR) is 91.3 cm³/mol. The van der Waals surface area contributed by atoms with Crippen molar-refractivity contribution < 1.29 is 41.1 Å². The number of nitrogens with one attached hydrogen (secondary N) is 1. The first-order valence-electron chi connectivity index (χ1n) is 7.51. The number of thioether (sulfide) groups is 1. The summed E-state index contributed by atoms with van der Waals surface area (Å²) in [4.78, 5) is 37.1. The molecule has 3 rings (SSSR count). The second-order valence-corrected chi connectivity index (χ2v) is 9.77. The van der Waals surface area contributed by atoms with Crippen molar-refractivity contribution in [3.05, 3.63) is 22.4 Å². The van der Waals surface area contributed by atoms with Crippen LogP contribution in [0.1, 0.15) is 4.88 Å². The zero-order valence-electron chi connectivity index (χ0n) is 13.6. The molecule has 154 valence electrons. The van der Waals surface area contributed by atoms with Crippen molar-refractivity contribution in [2.75, 3.05) is 5.88 Å². The molecule has 2 amide bonds. The second kappa shape index (κ2) is 7.20. The summed E-state index contributed by atoms with van der Waals surface area (Å²) in [6, 6.07) is 2.29. The van der Waals surface area contributed by atoms with Crippen molar-refractivity contribution in [2.24, 2.45) is 0 Å². The Kier molecular flexibility index (Phi) is 5.37. The number of fused-ring (bicyclic) bond motifs is 1. The lowest BCUT2D eigenvalue weighted by atomic mass is 10.1. The number of alkyl halides is 3. The normalized spacial score (nSPS) is 25.8. The fraction of sp³-hybridized carbons (Fsp3) is 0.462. The maximum absolute atomic E-state index is 12.8. The summed E-state index contributed by atoms with van der Waals surface area (Å²) in [5, 5.41) is 12.4. The molecule has 3 atom stereocenters. The lowest BCUT2D eigenvalue weighted by Gasteiger charge is -2.54. The molecular formula is C13H12F3N3O6S3. The molecule has 15 heteroatoms. The van der Waals surface area contributed by atoms with E-state index in [4.69, 9.17) is 0 Å². The van der Waals surface area contributed by atoms with Crippen molar-refractivity contribution in [3.8, 4) is 0 Å². The Balaban J connectivity index is 1.76. The number of halogens is 3. The van der Waals surface area contributed by atoms with Crippen LogP contribution in [0, 0.1) is 0 Å². The maximum atomic E-state index is 12.8. The number of carbonyl (C=O) groups is 3. The molecular weight excluding hydrogens is 447 g/mol. The number of thiophene rings is 1.